The van der Waals surface area contributed by atoms with Gasteiger partial charge in [0.1, 0.15) is 10.9 Å². The smallest absolute Gasteiger partial charge is 0.185 e. The molecule has 1 N–H and O–H groups in total. The average molecular weight is 300 g/mol. The molecule has 0 amide bonds. The van der Waals surface area contributed by atoms with Gasteiger partial charge in [0.25, 0.3) is 0 Å². The van der Waals surface area contributed by atoms with E-state index in [1.165, 1.54) is 11.3 Å². The molecule has 1 aromatic heterocycles. The number of halogens is 1. The van der Waals surface area contributed by atoms with Crippen molar-refractivity contribution in [2.75, 3.05) is 11.9 Å². The number of anilines is 1. The minimum absolute atomic E-state index is 0.0188. The largest absolute Gasteiger partial charge is 0.375 e. The molecule has 2 rings (SSSR count). The summed E-state index contributed by atoms with van der Waals surface area (Å²) in [6, 6.07) is 2.39. The molecule has 19 heavy (non-hydrogen) atoms. The van der Waals surface area contributed by atoms with Gasteiger partial charge in [0, 0.05) is 12.6 Å². The lowest BCUT2D eigenvalue weighted by Gasteiger charge is -2.40. The third kappa shape index (κ3) is 3.19. The van der Waals surface area contributed by atoms with E-state index in [2.05, 4.69) is 30.2 Å². The average Bonchev–Trinajstić information content (AvgIpc) is 2.78. The summed E-state index contributed by atoms with van der Waals surface area (Å²) in [6.07, 6.45) is 3.97. The fourth-order valence-corrected chi connectivity index (χ4v) is 3.52. The molecule has 1 fully saturated rings. The highest BCUT2D eigenvalue weighted by molar-refractivity contribution is 7.16. The second-order valence-corrected chi connectivity index (χ2v) is 6.18. The van der Waals surface area contributed by atoms with Gasteiger partial charge < -0.3 is 10.1 Å². The minimum Gasteiger partial charge on any atom is -0.375 e. The third-order valence-corrected chi connectivity index (χ3v) is 5.07. The Labute approximate surface area is 122 Å². The quantitative estimate of drug-likeness (QED) is 0.918. The number of thiazole rings is 1. The first kappa shape index (κ1) is 14.6. The van der Waals surface area contributed by atoms with Gasteiger partial charge in [-0.05, 0) is 25.7 Å². The van der Waals surface area contributed by atoms with Crippen LogP contribution in [0.15, 0.2) is 0 Å². The van der Waals surface area contributed by atoms with Gasteiger partial charge in [0.2, 0.25) is 0 Å². The highest BCUT2D eigenvalue weighted by Gasteiger charge is 2.34. The van der Waals surface area contributed by atoms with Crippen LogP contribution < -0.4 is 5.32 Å². The van der Waals surface area contributed by atoms with Gasteiger partial charge in [-0.2, -0.15) is 5.26 Å². The molecule has 0 bridgehead atoms. The maximum Gasteiger partial charge on any atom is 0.185 e. The predicted octanol–water partition coefficient (Wildman–Crippen LogP) is 3.82. The summed E-state index contributed by atoms with van der Waals surface area (Å²) in [5, 5.41) is 13.3. The van der Waals surface area contributed by atoms with Crippen LogP contribution in [0.5, 0.6) is 0 Å². The lowest BCUT2D eigenvalue weighted by Crippen LogP contribution is -2.43. The normalized spacial score (nSPS) is 21.9. The van der Waals surface area contributed by atoms with Crippen LogP contribution in [0, 0.1) is 11.3 Å². The number of rotatable bonds is 4. The Balaban J connectivity index is 2.04. The first-order valence-electron chi connectivity index (χ1n) is 6.59. The Bertz CT molecular complexity index is 479. The Morgan fingerprint density at radius 3 is 2.89 bits per heavy atom. The van der Waals surface area contributed by atoms with Crippen molar-refractivity contribution in [3.63, 3.8) is 0 Å². The summed E-state index contributed by atoms with van der Waals surface area (Å²) in [5.41, 5.74) is -0.0188. The second-order valence-electron chi connectivity index (χ2n) is 4.82. The van der Waals surface area contributed by atoms with Crippen molar-refractivity contribution in [2.24, 2.45) is 0 Å². The minimum atomic E-state index is -0.0188. The van der Waals surface area contributed by atoms with Crippen molar-refractivity contribution < 1.29 is 4.74 Å². The van der Waals surface area contributed by atoms with E-state index < -0.39 is 0 Å². The second kappa shape index (κ2) is 6.08. The molecule has 104 valence electrons. The highest BCUT2D eigenvalue weighted by Crippen LogP contribution is 2.34. The van der Waals surface area contributed by atoms with Crippen molar-refractivity contribution in [3.05, 3.63) is 10.0 Å². The van der Waals surface area contributed by atoms with Crippen LogP contribution in [0.1, 0.15) is 44.4 Å². The summed E-state index contributed by atoms with van der Waals surface area (Å²) in [6.45, 7) is 5.10. The Kier molecular flexibility index (Phi) is 4.67. The summed E-state index contributed by atoms with van der Waals surface area (Å²) >= 11 is 7.20. The van der Waals surface area contributed by atoms with E-state index >= 15 is 0 Å². The van der Waals surface area contributed by atoms with E-state index in [1.807, 2.05) is 0 Å². The number of nitrogens with one attached hydrogen (secondary N) is 1. The van der Waals surface area contributed by atoms with Gasteiger partial charge in [-0.3, -0.25) is 0 Å². The Morgan fingerprint density at radius 1 is 1.58 bits per heavy atom. The van der Waals surface area contributed by atoms with Gasteiger partial charge in [-0.1, -0.05) is 36.8 Å². The Morgan fingerprint density at radius 2 is 2.32 bits per heavy atom. The molecule has 0 aromatic carbocycles. The third-order valence-electron chi connectivity index (χ3n) is 3.80. The molecule has 0 aliphatic carbocycles. The van der Waals surface area contributed by atoms with Gasteiger partial charge in [0.15, 0.2) is 10.3 Å². The number of hydrogen-bond acceptors (Lipinski definition) is 5. The van der Waals surface area contributed by atoms with E-state index in [9.17, 15) is 0 Å². The number of hydrogen-bond donors (Lipinski definition) is 1. The molecule has 4 nitrogen and oxygen atoms in total. The SMILES string of the molecule is CCC1(CC)CC(Nc2nc(Cl)c(C#N)s2)CCO1. The maximum absolute atomic E-state index is 8.89. The molecule has 1 atom stereocenters. The molecule has 0 radical (unpaired) electrons. The van der Waals surface area contributed by atoms with Crippen LogP contribution in [0.2, 0.25) is 5.15 Å². The van der Waals surface area contributed by atoms with Crippen LogP contribution in [0.3, 0.4) is 0 Å². The van der Waals surface area contributed by atoms with Crippen LogP contribution in [0.25, 0.3) is 0 Å². The lowest BCUT2D eigenvalue weighted by atomic mass is 9.86. The highest BCUT2D eigenvalue weighted by atomic mass is 35.5. The standard InChI is InChI=1S/C13H18ClN3OS/c1-3-13(4-2)7-9(5-6-18-13)16-12-17-11(14)10(8-15)19-12/h9H,3-7H2,1-2H3,(H,16,17). The zero-order valence-corrected chi connectivity index (χ0v) is 12.8. The van der Waals surface area contributed by atoms with Gasteiger partial charge in [0.05, 0.1) is 5.60 Å². The fraction of sp³-hybridized carbons (Fsp3) is 0.692. The molecule has 1 aromatic rings. The van der Waals surface area contributed by atoms with E-state index in [4.69, 9.17) is 21.6 Å². The van der Waals surface area contributed by atoms with Gasteiger partial charge in [-0.15, -0.1) is 0 Å². The molecule has 2 heterocycles. The molecular weight excluding hydrogens is 282 g/mol. The molecule has 1 saturated heterocycles. The number of nitrogens with zero attached hydrogens (tertiary/aromatic N) is 2. The maximum atomic E-state index is 8.89. The summed E-state index contributed by atoms with van der Waals surface area (Å²) in [4.78, 5) is 4.65. The molecule has 0 saturated carbocycles. The van der Waals surface area contributed by atoms with Crippen molar-refractivity contribution in [1.82, 2.24) is 4.98 Å². The van der Waals surface area contributed by atoms with Gasteiger partial charge >= 0.3 is 0 Å². The molecule has 6 heteroatoms. The van der Waals surface area contributed by atoms with Gasteiger partial charge in [-0.25, -0.2) is 4.98 Å². The molecule has 0 spiro atoms. The van der Waals surface area contributed by atoms with Crippen molar-refractivity contribution in [1.29, 1.82) is 5.26 Å². The zero-order chi connectivity index (χ0) is 13.9. The molecule has 1 unspecified atom stereocenters. The monoisotopic (exact) mass is 299 g/mol. The van der Waals surface area contributed by atoms with Crippen molar-refractivity contribution >= 4 is 28.1 Å². The fourth-order valence-electron chi connectivity index (χ4n) is 2.50. The number of aromatic nitrogens is 1. The van der Waals surface area contributed by atoms with Crippen molar-refractivity contribution in [2.45, 2.75) is 51.2 Å². The predicted molar refractivity (Wildman–Crippen MR) is 77.7 cm³/mol. The Hall–Kier alpha value is -0.830. The van der Waals surface area contributed by atoms with E-state index in [0.29, 0.717) is 16.1 Å². The first-order chi connectivity index (χ1) is 9.12. The number of nitriles is 1. The first-order valence-corrected chi connectivity index (χ1v) is 7.79. The van der Waals surface area contributed by atoms with Crippen molar-refractivity contribution in [3.8, 4) is 6.07 Å². The van der Waals surface area contributed by atoms with E-state index in [1.54, 1.807) is 0 Å². The van der Waals surface area contributed by atoms with Crippen LogP contribution >= 0.6 is 22.9 Å². The van der Waals surface area contributed by atoms with Crippen LogP contribution in [-0.4, -0.2) is 23.2 Å². The molecular formula is C13H18ClN3OS. The lowest BCUT2D eigenvalue weighted by molar-refractivity contribution is -0.0864. The molecule has 1 aliphatic heterocycles. The number of ether oxygens (including phenoxy) is 1. The summed E-state index contributed by atoms with van der Waals surface area (Å²) < 4.78 is 5.95. The van der Waals surface area contributed by atoms with E-state index in [-0.39, 0.29) is 5.60 Å². The summed E-state index contributed by atoms with van der Waals surface area (Å²) in [5.74, 6) is 0. The molecule has 1 aliphatic rings. The summed E-state index contributed by atoms with van der Waals surface area (Å²) in [7, 11) is 0. The van der Waals surface area contributed by atoms with E-state index in [0.717, 1.165) is 37.4 Å². The zero-order valence-electron chi connectivity index (χ0n) is 11.2. The topological polar surface area (TPSA) is 57.9 Å². The van der Waals surface area contributed by atoms with Crippen LogP contribution in [0.4, 0.5) is 5.13 Å². The van der Waals surface area contributed by atoms with Crippen LogP contribution in [-0.2, 0) is 4.74 Å².